The Balaban J connectivity index is 2.20. The molecule has 0 aliphatic heterocycles. The molecule has 21 heavy (non-hydrogen) atoms. The summed E-state index contributed by atoms with van der Waals surface area (Å²) in [7, 11) is -3.59. The Bertz CT molecular complexity index is 932. The lowest BCUT2D eigenvalue weighted by atomic mass is 10.3. The third-order valence-electron chi connectivity index (χ3n) is 2.58. The maximum Gasteiger partial charge on any atom is 0.258 e. The van der Waals surface area contributed by atoms with Gasteiger partial charge in [-0.3, -0.25) is 0 Å². The highest BCUT2D eigenvalue weighted by Gasteiger charge is 2.17. The zero-order valence-electron chi connectivity index (χ0n) is 11.1. The first-order valence-electron chi connectivity index (χ1n) is 5.74. The van der Waals surface area contributed by atoms with Crippen LogP contribution in [0.1, 0.15) is 5.82 Å². The van der Waals surface area contributed by atoms with E-state index < -0.39 is 15.0 Å². The Kier molecular flexibility index (Phi) is 2.79. The summed E-state index contributed by atoms with van der Waals surface area (Å²) >= 11 is 0. The first-order valence-corrected chi connectivity index (χ1v) is 7.63. The Labute approximate surface area is 119 Å². The maximum absolute atomic E-state index is 11.5. The van der Waals surface area contributed by atoms with Crippen LogP contribution in [0.3, 0.4) is 0 Å². The lowest BCUT2D eigenvalue weighted by Gasteiger charge is -1.99. The fraction of sp³-hybridized carbons (Fsp3) is 0.200. The molecule has 0 saturated heterocycles. The van der Waals surface area contributed by atoms with Crippen molar-refractivity contribution >= 4 is 21.6 Å². The Morgan fingerprint density at radius 3 is 2.43 bits per heavy atom. The van der Waals surface area contributed by atoms with Crippen LogP contribution in [0.15, 0.2) is 17.6 Å². The predicted octanol–water partition coefficient (Wildman–Crippen LogP) is -0.730. The Hall–Kier alpha value is -2.69. The van der Waals surface area contributed by atoms with Crippen LogP contribution in [-0.4, -0.2) is 49.2 Å². The van der Waals surface area contributed by atoms with E-state index in [1.165, 1.54) is 0 Å². The molecule has 0 unspecified atom stereocenters. The summed E-state index contributed by atoms with van der Waals surface area (Å²) in [6.45, 7) is 1.75. The molecule has 0 aliphatic carbocycles. The molecule has 0 atom stereocenters. The largest absolute Gasteiger partial charge is 0.368 e. The number of fused-ring (bicyclic) bond motifs is 1. The quantitative estimate of drug-likeness (QED) is 0.648. The van der Waals surface area contributed by atoms with Crippen molar-refractivity contribution in [3.05, 3.63) is 18.2 Å². The molecule has 3 aromatic heterocycles. The van der Waals surface area contributed by atoms with Crippen LogP contribution in [0.25, 0.3) is 17.2 Å². The zero-order valence-corrected chi connectivity index (χ0v) is 11.9. The molecule has 3 aromatic rings. The third-order valence-corrected chi connectivity index (χ3v) is 3.43. The summed E-state index contributed by atoms with van der Waals surface area (Å²) in [5.41, 5.74) is 6.24. The maximum atomic E-state index is 11.5. The van der Waals surface area contributed by atoms with Crippen LogP contribution >= 0.6 is 0 Å². The molecule has 108 valence electrons. The summed E-state index contributed by atoms with van der Waals surface area (Å²) in [4.78, 5) is 19.7. The number of nitrogens with zero attached hydrogens (tertiary/aromatic N) is 7. The highest BCUT2D eigenvalue weighted by Crippen LogP contribution is 2.15. The average Bonchev–Trinajstić information content (AvgIpc) is 2.83. The second-order valence-corrected chi connectivity index (χ2v) is 6.21. The van der Waals surface area contributed by atoms with Crippen molar-refractivity contribution < 1.29 is 8.42 Å². The van der Waals surface area contributed by atoms with E-state index in [2.05, 4.69) is 30.0 Å². The van der Waals surface area contributed by atoms with Crippen molar-refractivity contribution in [2.75, 3.05) is 12.0 Å². The standard InChI is InChI=1S/C10H10N8O2S/c1-5-12-3-6(4-13-5)7-14-9-16-10(21(2,19)20)15-8(11)18(9)17-7/h3-4H,1-2H3,(H2,11,14,15,16,17). The van der Waals surface area contributed by atoms with E-state index in [0.29, 0.717) is 11.4 Å². The summed E-state index contributed by atoms with van der Waals surface area (Å²) in [5.74, 6) is 0.813. The molecule has 11 heteroatoms. The fourth-order valence-electron chi connectivity index (χ4n) is 1.58. The number of aryl methyl sites for hydroxylation is 1. The van der Waals surface area contributed by atoms with Gasteiger partial charge in [-0.25, -0.2) is 18.4 Å². The van der Waals surface area contributed by atoms with Gasteiger partial charge in [0, 0.05) is 18.6 Å². The topological polar surface area (TPSA) is 142 Å². The van der Waals surface area contributed by atoms with E-state index in [9.17, 15) is 8.42 Å². The van der Waals surface area contributed by atoms with Crippen molar-refractivity contribution in [2.24, 2.45) is 0 Å². The molecule has 0 bridgehead atoms. The van der Waals surface area contributed by atoms with E-state index in [4.69, 9.17) is 5.73 Å². The van der Waals surface area contributed by atoms with E-state index in [-0.39, 0.29) is 17.6 Å². The van der Waals surface area contributed by atoms with Gasteiger partial charge in [-0.05, 0) is 6.92 Å². The predicted molar refractivity (Wildman–Crippen MR) is 71.9 cm³/mol. The molecule has 3 heterocycles. The summed E-state index contributed by atoms with van der Waals surface area (Å²) in [5, 5.41) is 3.72. The molecule has 3 rings (SSSR count). The second-order valence-electron chi connectivity index (χ2n) is 4.30. The number of hydrogen-bond donors (Lipinski definition) is 1. The van der Waals surface area contributed by atoms with Gasteiger partial charge in [0.15, 0.2) is 5.82 Å². The zero-order chi connectivity index (χ0) is 15.2. The van der Waals surface area contributed by atoms with Gasteiger partial charge in [-0.15, -0.1) is 5.10 Å². The van der Waals surface area contributed by atoms with Gasteiger partial charge in [0.05, 0.1) is 5.56 Å². The van der Waals surface area contributed by atoms with Crippen LogP contribution < -0.4 is 5.73 Å². The van der Waals surface area contributed by atoms with Gasteiger partial charge in [0.25, 0.3) is 10.9 Å². The minimum Gasteiger partial charge on any atom is -0.368 e. The molecule has 10 nitrogen and oxygen atoms in total. The first-order chi connectivity index (χ1) is 9.84. The summed E-state index contributed by atoms with van der Waals surface area (Å²) < 4.78 is 24.1. The minimum absolute atomic E-state index is 0.0403. The summed E-state index contributed by atoms with van der Waals surface area (Å²) in [6, 6.07) is 0. The minimum atomic E-state index is -3.59. The van der Waals surface area contributed by atoms with Gasteiger partial charge in [0.2, 0.25) is 15.8 Å². The first kappa shape index (κ1) is 13.3. The van der Waals surface area contributed by atoms with E-state index in [1.807, 2.05) is 0 Å². The van der Waals surface area contributed by atoms with Gasteiger partial charge in [-0.2, -0.15) is 19.5 Å². The number of hydrogen-bond acceptors (Lipinski definition) is 9. The van der Waals surface area contributed by atoms with Crippen LogP contribution in [0.2, 0.25) is 0 Å². The smallest absolute Gasteiger partial charge is 0.258 e. The van der Waals surface area contributed by atoms with Crippen LogP contribution in [0, 0.1) is 6.92 Å². The van der Waals surface area contributed by atoms with Crippen molar-refractivity contribution in [1.29, 1.82) is 0 Å². The fourth-order valence-corrected chi connectivity index (χ4v) is 2.09. The monoisotopic (exact) mass is 306 g/mol. The van der Waals surface area contributed by atoms with Gasteiger partial charge >= 0.3 is 0 Å². The molecule has 0 fully saturated rings. The molecule has 0 aliphatic rings. The van der Waals surface area contributed by atoms with Crippen LogP contribution in [0.4, 0.5) is 5.95 Å². The Morgan fingerprint density at radius 1 is 1.14 bits per heavy atom. The number of anilines is 1. The van der Waals surface area contributed by atoms with Crippen molar-refractivity contribution in [3.8, 4) is 11.4 Å². The van der Waals surface area contributed by atoms with Crippen molar-refractivity contribution in [2.45, 2.75) is 12.1 Å². The van der Waals surface area contributed by atoms with Gasteiger partial charge in [0.1, 0.15) is 5.82 Å². The highest BCUT2D eigenvalue weighted by atomic mass is 32.2. The van der Waals surface area contributed by atoms with Crippen molar-refractivity contribution in [3.63, 3.8) is 0 Å². The number of aromatic nitrogens is 7. The van der Waals surface area contributed by atoms with Gasteiger partial charge < -0.3 is 5.73 Å². The second kappa shape index (κ2) is 4.41. The molecule has 0 aromatic carbocycles. The van der Waals surface area contributed by atoms with E-state index >= 15 is 0 Å². The van der Waals surface area contributed by atoms with E-state index in [1.54, 1.807) is 19.3 Å². The lowest BCUT2D eigenvalue weighted by molar-refractivity contribution is 0.592. The van der Waals surface area contributed by atoms with Crippen molar-refractivity contribution in [1.82, 2.24) is 34.5 Å². The molecular formula is C10H10N8O2S. The highest BCUT2D eigenvalue weighted by molar-refractivity contribution is 7.90. The number of rotatable bonds is 2. The van der Waals surface area contributed by atoms with Gasteiger partial charge in [-0.1, -0.05) is 0 Å². The molecule has 0 spiro atoms. The van der Waals surface area contributed by atoms with E-state index in [0.717, 1.165) is 10.8 Å². The number of sulfone groups is 1. The lowest BCUT2D eigenvalue weighted by Crippen LogP contribution is -2.11. The average molecular weight is 306 g/mol. The molecular weight excluding hydrogens is 296 g/mol. The summed E-state index contributed by atoms with van der Waals surface area (Å²) in [6.07, 6.45) is 4.10. The molecule has 0 radical (unpaired) electrons. The third kappa shape index (κ3) is 2.38. The SMILES string of the molecule is Cc1ncc(-c2nc3nc(S(C)(=O)=O)nc(N)n3n2)cn1. The normalized spacial score (nSPS) is 11.9. The Morgan fingerprint density at radius 2 is 1.81 bits per heavy atom. The molecule has 0 saturated carbocycles. The number of nitrogens with two attached hydrogens (primary N) is 1. The van der Waals surface area contributed by atoms with Crippen LogP contribution in [-0.2, 0) is 9.84 Å². The van der Waals surface area contributed by atoms with Crippen LogP contribution in [0.5, 0.6) is 0 Å². The molecule has 2 N–H and O–H groups in total. The number of nitrogen functional groups attached to an aromatic ring is 1. The molecule has 0 amide bonds.